The largest absolute Gasteiger partial charge is 0.459 e. The van der Waals surface area contributed by atoms with Gasteiger partial charge in [0.05, 0.1) is 13.2 Å². The summed E-state index contributed by atoms with van der Waals surface area (Å²) in [5, 5.41) is 70.8. The molecule has 4 saturated carbocycles. The smallest absolute Gasteiger partial charge is 0.418 e. The Balaban J connectivity index is 0.978. The highest BCUT2D eigenvalue weighted by atomic mass is 16.7. The van der Waals surface area contributed by atoms with Crippen LogP contribution in [0.5, 0.6) is 0 Å². The molecular weight excluding hydrogens is 792 g/mol. The Morgan fingerprint density at radius 2 is 1.00 bits per heavy atom. The summed E-state index contributed by atoms with van der Waals surface area (Å²) < 4.78 is 35.2. The van der Waals surface area contributed by atoms with Gasteiger partial charge in [-0.25, -0.2) is 19.2 Å². The molecular formula is C42H50O18. The highest BCUT2D eigenvalue weighted by molar-refractivity contribution is 6.30. The van der Waals surface area contributed by atoms with Gasteiger partial charge in [-0.3, -0.25) is 9.59 Å². The average molecular weight is 843 g/mol. The van der Waals surface area contributed by atoms with Crippen molar-refractivity contribution in [3.8, 4) is 0 Å². The van der Waals surface area contributed by atoms with Crippen molar-refractivity contribution in [1.82, 2.24) is 0 Å². The van der Waals surface area contributed by atoms with Gasteiger partial charge in [-0.15, -0.1) is 0 Å². The van der Waals surface area contributed by atoms with Crippen LogP contribution in [-0.2, 0) is 57.2 Å². The maximum Gasteiger partial charge on any atom is 0.418 e. The summed E-state index contributed by atoms with van der Waals surface area (Å²) in [6, 6.07) is 0. The second-order valence-corrected chi connectivity index (χ2v) is 20.0. The van der Waals surface area contributed by atoms with E-state index in [2.05, 4.69) is 0 Å². The van der Waals surface area contributed by atoms with Crippen molar-refractivity contribution in [3.05, 3.63) is 23.3 Å². The zero-order chi connectivity index (χ0) is 43.3. The van der Waals surface area contributed by atoms with Crippen molar-refractivity contribution in [2.75, 3.05) is 13.2 Å². The molecule has 4 aliphatic heterocycles. The maximum absolute atomic E-state index is 14.0. The normalized spacial score (nSPS) is 56.7. The Hall–Kier alpha value is -3.62. The fourth-order valence-electron chi connectivity index (χ4n) is 15.8. The lowest BCUT2D eigenvalue weighted by Crippen LogP contribution is -2.78. The Morgan fingerprint density at radius 3 is 1.35 bits per heavy atom. The molecule has 326 valence electrons. The fraction of sp³-hybridized carbons (Fsp3) is 0.762. The van der Waals surface area contributed by atoms with Gasteiger partial charge in [0.25, 0.3) is 0 Å². The van der Waals surface area contributed by atoms with Gasteiger partial charge in [-0.1, -0.05) is 38.8 Å². The van der Waals surface area contributed by atoms with Crippen LogP contribution in [0.1, 0.15) is 54.4 Å². The molecule has 0 radical (unpaired) electrons. The van der Waals surface area contributed by atoms with Crippen LogP contribution in [0.15, 0.2) is 23.3 Å². The molecule has 8 fully saturated rings. The molecule has 0 aromatic carbocycles. The van der Waals surface area contributed by atoms with Gasteiger partial charge in [0.2, 0.25) is 12.2 Å². The van der Waals surface area contributed by atoms with Gasteiger partial charge < -0.3 is 59.1 Å². The number of allylic oxidation sites excluding steroid dienone is 2. The number of aliphatic hydroxyl groups excluding tert-OH is 4. The van der Waals surface area contributed by atoms with Crippen LogP contribution < -0.4 is 0 Å². The van der Waals surface area contributed by atoms with Crippen molar-refractivity contribution in [1.29, 1.82) is 0 Å². The third-order valence-electron chi connectivity index (χ3n) is 17.9. The van der Waals surface area contributed by atoms with Crippen LogP contribution in [0.25, 0.3) is 0 Å². The molecule has 10 aliphatic rings. The Morgan fingerprint density at radius 1 is 0.650 bits per heavy atom. The van der Waals surface area contributed by atoms with Crippen molar-refractivity contribution >= 4 is 35.4 Å². The summed E-state index contributed by atoms with van der Waals surface area (Å²) in [6.07, 6.45) is -9.72. The first-order valence-electron chi connectivity index (χ1n) is 20.7. The van der Waals surface area contributed by atoms with Crippen molar-refractivity contribution < 1.29 is 87.8 Å². The first-order valence-corrected chi connectivity index (χ1v) is 20.7. The van der Waals surface area contributed by atoms with E-state index in [1.54, 1.807) is 27.7 Å². The molecule has 2 spiro atoms. The minimum absolute atomic E-state index is 0.103. The van der Waals surface area contributed by atoms with Gasteiger partial charge in [-0.05, 0) is 62.5 Å². The molecule has 22 atom stereocenters. The molecule has 18 nitrogen and oxygen atoms in total. The first-order chi connectivity index (χ1) is 28.0. The number of hydrogen-bond acceptors (Lipinski definition) is 18. The van der Waals surface area contributed by atoms with E-state index in [1.165, 1.54) is 26.0 Å². The third kappa shape index (κ3) is 4.28. The Bertz CT molecular complexity index is 1970. The van der Waals surface area contributed by atoms with Crippen molar-refractivity contribution in [3.63, 3.8) is 0 Å². The van der Waals surface area contributed by atoms with Gasteiger partial charge >= 0.3 is 23.9 Å². The Labute approximate surface area is 343 Å². The van der Waals surface area contributed by atoms with E-state index < -0.39 is 165 Å². The van der Waals surface area contributed by atoms with Crippen LogP contribution in [0.4, 0.5) is 0 Å². The number of carbonyl (C=O) groups excluding carboxylic acids is 6. The van der Waals surface area contributed by atoms with E-state index in [4.69, 9.17) is 28.4 Å². The van der Waals surface area contributed by atoms with Gasteiger partial charge in [0, 0.05) is 45.3 Å². The standard InChI is InChI=1S/C42H50O18/c1-13-7-19(43)29(47)37(5)17(13)9-21-39-11-55-41(53,35(37)39)27(45)15(3)23(39)25(31(49)57-21)59-33(51)34(52)60-26-24-16(4)28(46)42(54)36-38(6)18(14(2)8-20(44)30(38)48)10-22(58-32(26)50)40(24,36)12-56-42/h7-8,15-18,21-30,35-36,45-48,53-54H,9-12H2,1-6H3/t15-,16-,17+,18+,21-,22-,23-,24-,25-,26-,27-,28-,29-,30-,35-,36-,37-,38-,39+,40+,41-,42-/m1/s1. The second kappa shape index (κ2) is 12.1. The number of rotatable bonds is 2. The van der Waals surface area contributed by atoms with E-state index in [9.17, 15) is 59.4 Å². The zero-order valence-electron chi connectivity index (χ0n) is 33.8. The number of fused-ring (bicyclic) bond motifs is 2. The molecule has 0 amide bonds. The van der Waals surface area contributed by atoms with Crippen LogP contribution in [-0.4, -0.2) is 140 Å². The minimum Gasteiger partial charge on any atom is -0.459 e. The predicted molar refractivity (Wildman–Crippen MR) is 192 cm³/mol. The van der Waals surface area contributed by atoms with Crippen LogP contribution >= 0.6 is 0 Å². The first kappa shape index (κ1) is 40.5. The molecule has 0 unspecified atom stereocenters. The molecule has 4 saturated heterocycles. The van der Waals surface area contributed by atoms with Crippen molar-refractivity contribution in [2.45, 2.75) is 115 Å². The van der Waals surface area contributed by atoms with E-state index in [0.29, 0.717) is 11.1 Å². The average Bonchev–Trinajstić information content (AvgIpc) is 3.65. The monoisotopic (exact) mass is 842 g/mol. The van der Waals surface area contributed by atoms with E-state index in [0.717, 1.165) is 0 Å². The van der Waals surface area contributed by atoms with Gasteiger partial charge in [0.15, 0.2) is 23.1 Å². The summed E-state index contributed by atoms with van der Waals surface area (Å²) in [6.45, 7) is 8.98. The fourth-order valence-corrected chi connectivity index (χ4v) is 15.8. The van der Waals surface area contributed by atoms with E-state index in [-0.39, 0.29) is 26.1 Å². The Kier molecular flexibility index (Phi) is 8.15. The third-order valence-corrected chi connectivity index (χ3v) is 17.9. The van der Waals surface area contributed by atoms with Crippen molar-refractivity contribution in [2.24, 2.45) is 69.0 Å². The molecule has 0 aromatic heterocycles. The minimum atomic E-state index is -2.32. The molecule has 4 bridgehead atoms. The maximum atomic E-state index is 14.0. The summed E-state index contributed by atoms with van der Waals surface area (Å²) >= 11 is 0. The number of carbonyl (C=O) groups is 6. The number of hydrogen-bond donors (Lipinski definition) is 6. The molecule has 4 heterocycles. The zero-order valence-corrected chi connectivity index (χ0v) is 33.8. The topological polar surface area (TPSA) is 279 Å². The lowest BCUT2D eigenvalue weighted by atomic mass is 9.38. The summed E-state index contributed by atoms with van der Waals surface area (Å²) in [5.74, 6) is -19.6. The molecule has 6 N–H and O–H groups in total. The SMILES string of the molecule is CC1=CC(=O)[C@@H](O)[C@]2(C)[C@H]3[C@]4(O)OC[C@]35[C@H]([C@@H](C)[C@H]4O)[C@@H](OC(=O)C(=O)O[C@H]3C(=O)O[C@@H]4C[C@H]6C(C)=CC(=O)[C@@H](O)[C@]6(C)[C@H]6[C@]7(O)OC[C@]64[C@@H]3[C@@H](C)[C@H]7O)C(=O)O[C@@H]5C[C@@H]12. The number of aliphatic hydroxyl groups is 6. The molecule has 6 aliphatic carbocycles. The van der Waals surface area contributed by atoms with E-state index >= 15 is 0 Å². The highest BCUT2D eigenvalue weighted by Gasteiger charge is 2.85. The molecule has 0 aromatic rings. The van der Waals surface area contributed by atoms with Gasteiger partial charge in [0.1, 0.15) is 36.6 Å². The van der Waals surface area contributed by atoms with Gasteiger partial charge in [-0.2, -0.15) is 0 Å². The lowest BCUT2D eigenvalue weighted by molar-refractivity contribution is -0.340. The lowest BCUT2D eigenvalue weighted by Gasteiger charge is -2.68. The van der Waals surface area contributed by atoms with Crippen LogP contribution in [0, 0.1) is 69.0 Å². The molecule has 18 heteroatoms. The number of esters is 4. The highest BCUT2D eigenvalue weighted by Crippen LogP contribution is 2.75. The summed E-state index contributed by atoms with van der Waals surface area (Å²) in [7, 11) is 0. The summed E-state index contributed by atoms with van der Waals surface area (Å²) in [4.78, 5) is 82.0. The molecule has 60 heavy (non-hydrogen) atoms. The number of ketones is 2. The quantitative estimate of drug-likeness (QED) is 0.104. The second-order valence-electron chi connectivity index (χ2n) is 20.0. The predicted octanol–water partition coefficient (Wildman–Crippen LogP) is -1.61. The van der Waals surface area contributed by atoms with Crippen LogP contribution in [0.2, 0.25) is 0 Å². The molecule has 10 rings (SSSR count). The van der Waals surface area contributed by atoms with E-state index in [1.807, 2.05) is 0 Å². The van der Waals surface area contributed by atoms with Crippen LogP contribution in [0.3, 0.4) is 0 Å². The number of ether oxygens (including phenoxy) is 6. The summed E-state index contributed by atoms with van der Waals surface area (Å²) in [5.41, 5.74) is -4.61.